The quantitative estimate of drug-likeness (QED) is 0.187. The fourth-order valence-electron chi connectivity index (χ4n) is 1.58. The molecule has 25 heavy (non-hydrogen) atoms. The number of carbonyl (C=O) groups is 4. The number of hydrogen-bond donors (Lipinski definition) is 8. The number of nitrogens with two attached hydrogens (primary N) is 1. The van der Waals surface area contributed by atoms with E-state index in [-0.39, 0.29) is 0 Å². The van der Waals surface area contributed by atoms with E-state index in [9.17, 15) is 29.4 Å². The molecule has 0 aromatic heterocycles. The first-order chi connectivity index (χ1) is 11.5. The van der Waals surface area contributed by atoms with Gasteiger partial charge in [-0.1, -0.05) is 0 Å². The van der Waals surface area contributed by atoms with Gasteiger partial charge in [0.2, 0.25) is 17.7 Å². The number of aliphatic hydroxyl groups excluding tert-OH is 3. The highest BCUT2D eigenvalue weighted by Crippen LogP contribution is 1.97. The fourth-order valence-corrected chi connectivity index (χ4v) is 1.58. The van der Waals surface area contributed by atoms with Crippen molar-refractivity contribution in [3.8, 4) is 0 Å². The number of carboxylic acids is 1. The topological polar surface area (TPSA) is 211 Å². The number of rotatable bonds is 10. The molecule has 3 amide bonds. The highest BCUT2D eigenvalue weighted by molar-refractivity contribution is 5.94. The van der Waals surface area contributed by atoms with Crippen molar-refractivity contribution in [1.82, 2.24) is 16.0 Å². The number of aliphatic hydroxyl groups is 3. The van der Waals surface area contributed by atoms with Crippen LogP contribution in [0.2, 0.25) is 0 Å². The molecular formula is C13H24N4O8. The zero-order valence-electron chi connectivity index (χ0n) is 13.8. The van der Waals surface area contributed by atoms with Gasteiger partial charge in [0.25, 0.3) is 0 Å². The maximum atomic E-state index is 12.1. The first-order valence-corrected chi connectivity index (χ1v) is 7.34. The summed E-state index contributed by atoms with van der Waals surface area (Å²) in [6.45, 7) is 0.852. The summed E-state index contributed by atoms with van der Waals surface area (Å²) in [6, 6.07) is -5.58. The van der Waals surface area contributed by atoms with E-state index in [1.165, 1.54) is 13.8 Å². The minimum absolute atomic E-state index is 0.683. The van der Waals surface area contributed by atoms with Gasteiger partial charge in [-0.05, 0) is 13.8 Å². The summed E-state index contributed by atoms with van der Waals surface area (Å²) in [7, 11) is 0. The molecule has 0 radical (unpaired) electrons. The van der Waals surface area contributed by atoms with Crippen molar-refractivity contribution in [2.45, 2.75) is 44.1 Å². The number of carbonyl (C=O) groups excluding carboxylic acids is 3. The summed E-state index contributed by atoms with van der Waals surface area (Å²) < 4.78 is 0. The Morgan fingerprint density at radius 1 is 0.920 bits per heavy atom. The Hall–Kier alpha value is -2.28. The number of nitrogens with one attached hydrogen (secondary N) is 3. The molecule has 144 valence electrons. The normalized spacial score (nSPS) is 16.7. The van der Waals surface area contributed by atoms with Gasteiger partial charge in [0.1, 0.15) is 24.2 Å². The average molecular weight is 364 g/mol. The van der Waals surface area contributed by atoms with Crippen LogP contribution in [-0.4, -0.2) is 87.6 Å². The molecule has 0 spiro atoms. The lowest BCUT2D eigenvalue weighted by molar-refractivity contribution is -0.142. The van der Waals surface area contributed by atoms with Crippen molar-refractivity contribution in [2.75, 3.05) is 13.2 Å². The Morgan fingerprint density at radius 3 is 1.88 bits per heavy atom. The third kappa shape index (κ3) is 7.43. The molecular weight excluding hydrogens is 340 g/mol. The molecule has 0 aliphatic carbocycles. The van der Waals surface area contributed by atoms with E-state index in [0.717, 1.165) is 0 Å². The molecule has 0 heterocycles. The molecule has 0 bridgehead atoms. The molecule has 0 aromatic carbocycles. The Kier molecular flexibility index (Phi) is 9.59. The van der Waals surface area contributed by atoms with Crippen molar-refractivity contribution in [2.24, 2.45) is 5.73 Å². The maximum Gasteiger partial charge on any atom is 0.325 e. The highest BCUT2D eigenvalue weighted by Gasteiger charge is 2.31. The van der Waals surface area contributed by atoms with Gasteiger partial charge in [-0.25, -0.2) is 0 Å². The Labute approximate surface area is 143 Å². The molecule has 9 N–H and O–H groups in total. The van der Waals surface area contributed by atoms with Crippen molar-refractivity contribution in [1.29, 1.82) is 0 Å². The van der Waals surface area contributed by atoms with E-state index >= 15 is 0 Å². The highest BCUT2D eigenvalue weighted by atomic mass is 16.4. The van der Waals surface area contributed by atoms with Crippen LogP contribution >= 0.6 is 0 Å². The van der Waals surface area contributed by atoms with Crippen LogP contribution in [0.3, 0.4) is 0 Å². The molecule has 12 nitrogen and oxygen atoms in total. The molecule has 0 rings (SSSR count). The van der Waals surface area contributed by atoms with Gasteiger partial charge in [-0.3, -0.25) is 19.2 Å². The maximum absolute atomic E-state index is 12.1. The average Bonchev–Trinajstić information content (AvgIpc) is 2.55. The fraction of sp³-hybridized carbons (Fsp3) is 0.692. The number of aliphatic carboxylic acids is 1. The Bertz CT molecular complexity index is 498. The summed E-state index contributed by atoms with van der Waals surface area (Å²) in [6.07, 6.45) is -1.39. The summed E-state index contributed by atoms with van der Waals surface area (Å²) >= 11 is 0. The lowest BCUT2D eigenvalue weighted by Crippen LogP contribution is -2.60. The van der Waals surface area contributed by atoms with Crippen LogP contribution in [-0.2, 0) is 19.2 Å². The molecule has 5 atom stereocenters. The second-order valence-electron chi connectivity index (χ2n) is 5.33. The Morgan fingerprint density at radius 2 is 1.48 bits per heavy atom. The zero-order chi connectivity index (χ0) is 19.7. The van der Waals surface area contributed by atoms with Gasteiger partial charge >= 0.3 is 5.97 Å². The predicted molar refractivity (Wildman–Crippen MR) is 82.9 cm³/mol. The van der Waals surface area contributed by atoms with Crippen LogP contribution in [0.5, 0.6) is 0 Å². The standard InChI is InChI=1S/C13H24N4O8/c1-5(13(24)25)15-12(23)9(6(2)20)17-11(22)8(4-19)16-10(21)7(14)3-18/h5-9,18-20H,3-4,14H2,1-2H3,(H,15,23)(H,16,21)(H,17,22)(H,24,25). The summed E-state index contributed by atoms with van der Waals surface area (Å²) in [5.41, 5.74) is 5.27. The largest absolute Gasteiger partial charge is 0.480 e. The second-order valence-corrected chi connectivity index (χ2v) is 5.33. The van der Waals surface area contributed by atoms with E-state index in [2.05, 4.69) is 16.0 Å². The lowest BCUT2D eigenvalue weighted by Gasteiger charge is -2.25. The van der Waals surface area contributed by atoms with Gasteiger partial charge in [-0.15, -0.1) is 0 Å². The third-order valence-corrected chi connectivity index (χ3v) is 3.14. The molecule has 0 saturated carbocycles. The van der Waals surface area contributed by atoms with Gasteiger partial charge < -0.3 is 42.1 Å². The van der Waals surface area contributed by atoms with Gasteiger partial charge in [0, 0.05) is 0 Å². The van der Waals surface area contributed by atoms with Crippen LogP contribution < -0.4 is 21.7 Å². The van der Waals surface area contributed by atoms with E-state index in [0.29, 0.717) is 0 Å². The minimum Gasteiger partial charge on any atom is -0.480 e. The molecule has 0 saturated heterocycles. The zero-order valence-corrected chi connectivity index (χ0v) is 13.8. The van der Waals surface area contributed by atoms with E-state index < -0.39 is 67.2 Å². The second kappa shape index (κ2) is 10.6. The molecule has 5 unspecified atom stereocenters. The SMILES string of the molecule is CC(NC(=O)C(NC(=O)C(CO)NC(=O)C(N)CO)C(C)O)C(=O)O. The van der Waals surface area contributed by atoms with Gasteiger partial charge in [0.15, 0.2) is 0 Å². The third-order valence-electron chi connectivity index (χ3n) is 3.14. The summed E-state index contributed by atoms with van der Waals surface area (Å²) in [5, 5.41) is 42.6. The Balaban J connectivity index is 4.99. The first kappa shape index (κ1) is 22.7. The predicted octanol–water partition coefficient (Wildman–Crippen LogP) is -4.76. The lowest BCUT2D eigenvalue weighted by atomic mass is 10.1. The van der Waals surface area contributed by atoms with E-state index in [1.54, 1.807) is 0 Å². The number of hydrogen-bond acceptors (Lipinski definition) is 8. The number of carboxylic acid groups (broad SMARTS) is 1. The summed E-state index contributed by atoms with van der Waals surface area (Å²) in [5.74, 6) is -4.20. The van der Waals surface area contributed by atoms with Crippen molar-refractivity contribution in [3.05, 3.63) is 0 Å². The van der Waals surface area contributed by atoms with Crippen molar-refractivity contribution >= 4 is 23.7 Å². The molecule has 12 heteroatoms. The van der Waals surface area contributed by atoms with Crippen molar-refractivity contribution < 1.29 is 39.6 Å². The minimum atomic E-state index is -1.52. The monoisotopic (exact) mass is 364 g/mol. The van der Waals surface area contributed by atoms with E-state index in [4.69, 9.17) is 15.9 Å². The van der Waals surface area contributed by atoms with Crippen LogP contribution in [0.4, 0.5) is 0 Å². The van der Waals surface area contributed by atoms with Crippen molar-refractivity contribution in [3.63, 3.8) is 0 Å². The van der Waals surface area contributed by atoms with Crippen LogP contribution in [0.25, 0.3) is 0 Å². The summed E-state index contributed by atoms with van der Waals surface area (Å²) in [4.78, 5) is 46.3. The molecule has 0 aliphatic heterocycles. The van der Waals surface area contributed by atoms with Gasteiger partial charge in [-0.2, -0.15) is 0 Å². The van der Waals surface area contributed by atoms with Crippen LogP contribution in [0, 0.1) is 0 Å². The number of amides is 3. The smallest absolute Gasteiger partial charge is 0.325 e. The van der Waals surface area contributed by atoms with Crippen LogP contribution in [0.15, 0.2) is 0 Å². The van der Waals surface area contributed by atoms with Crippen LogP contribution in [0.1, 0.15) is 13.8 Å². The molecule has 0 aromatic rings. The van der Waals surface area contributed by atoms with E-state index in [1.807, 2.05) is 0 Å². The first-order valence-electron chi connectivity index (χ1n) is 7.34. The van der Waals surface area contributed by atoms with Gasteiger partial charge in [0.05, 0.1) is 19.3 Å². The molecule has 0 fully saturated rings. The molecule has 0 aliphatic rings.